The van der Waals surface area contributed by atoms with Gasteiger partial charge in [0.25, 0.3) is 0 Å². The Kier molecular flexibility index (Phi) is 3.78. The van der Waals surface area contributed by atoms with Crippen LogP contribution in [-0.4, -0.2) is 20.2 Å². The van der Waals surface area contributed by atoms with Crippen LogP contribution in [0.3, 0.4) is 0 Å². The largest absolute Gasteiger partial charge is 0.454 e. The number of rotatable bonds is 5. The molecule has 23 heavy (non-hydrogen) atoms. The molecule has 2 aliphatic heterocycles. The van der Waals surface area contributed by atoms with Gasteiger partial charge < -0.3 is 23.7 Å². The van der Waals surface area contributed by atoms with Crippen LogP contribution in [0.4, 0.5) is 0 Å². The van der Waals surface area contributed by atoms with Crippen molar-refractivity contribution in [2.24, 2.45) is 0 Å². The highest BCUT2D eigenvalue weighted by Crippen LogP contribution is 2.33. The second kappa shape index (κ2) is 6.22. The van der Waals surface area contributed by atoms with E-state index in [2.05, 4.69) is 0 Å². The van der Waals surface area contributed by atoms with Gasteiger partial charge in [0.15, 0.2) is 23.0 Å². The summed E-state index contributed by atoms with van der Waals surface area (Å²) >= 11 is 0. The SMILES string of the molecule is C(=Cc1ccc2c(c1)OCO2)COCc1ccc2c(c1)OCO2. The maximum absolute atomic E-state index is 5.65. The molecule has 118 valence electrons. The van der Waals surface area contributed by atoms with Crippen LogP contribution in [0.15, 0.2) is 42.5 Å². The molecule has 0 atom stereocenters. The summed E-state index contributed by atoms with van der Waals surface area (Å²) in [5, 5.41) is 0. The molecule has 2 aromatic rings. The molecule has 0 N–H and O–H groups in total. The summed E-state index contributed by atoms with van der Waals surface area (Å²) in [5.41, 5.74) is 2.12. The summed E-state index contributed by atoms with van der Waals surface area (Å²) in [7, 11) is 0. The van der Waals surface area contributed by atoms with Crippen molar-refractivity contribution >= 4 is 6.08 Å². The lowest BCUT2D eigenvalue weighted by Gasteiger charge is -2.03. The molecule has 0 radical (unpaired) electrons. The molecule has 0 saturated carbocycles. The summed E-state index contributed by atoms with van der Waals surface area (Å²) < 4.78 is 26.9. The second-order valence-corrected chi connectivity index (χ2v) is 5.22. The van der Waals surface area contributed by atoms with Crippen LogP contribution in [0.2, 0.25) is 0 Å². The average molecular weight is 312 g/mol. The average Bonchev–Trinajstić information content (AvgIpc) is 3.22. The molecule has 0 aromatic heterocycles. The molecule has 2 aromatic carbocycles. The van der Waals surface area contributed by atoms with Crippen molar-refractivity contribution < 1.29 is 23.7 Å². The van der Waals surface area contributed by atoms with Gasteiger partial charge in [0.05, 0.1) is 13.2 Å². The van der Waals surface area contributed by atoms with Gasteiger partial charge in [0.1, 0.15) is 0 Å². The van der Waals surface area contributed by atoms with E-state index in [-0.39, 0.29) is 6.79 Å². The fourth-order valence-electron chi connectivity index (χ4n) is 2.48. The summed E-state index contributed by atoms with van der Waals surface area (Å²) in [6, 6.07) is 11.7. The van der Waals surface area contributed by atoms with E-state index >= 15 is 0 Å². The number of benzene rings is 2. The molecule has 2 heterocycles. The molecule has 5 nitrogen and oxygen atoms in total. The van der Waals surface area contributed by atoms with Gasteiger partial charge in [-0.3, -0.25) is 0 Å². The van der Waals surface area contributed by atoms with Gasteiger partial charge in [-0.1, -0.05) is 24.3 Å². The van der Waals surface area contributed by atoms with E-state index in [1.54, 1.807) is 0 Å². The summed E-state index contributed by atoms with van der Waals surface area (Å²) in [4.78, 5) is 0. The van der Waals surface area contributed by atoms with E-state index in [4.69, 9.17) is 23.7 Å². The predicted molar refractivity (Wildman–Crippen MR) is 83.8 cm³/mol. The van der Waals surface area contributed by atoms with Crippen molar-refractivity contribution in [2.45, 2.75) is 6.61 Å². The van der Waals surface area contributed by atoms with Crippen molar-refractivity contribution in [2.75, 3.05) is 20.2 Å². The Morgan fingerprint density at radius 1 is 0.826 bits per heavy atom. The van der Waals surface area contributed by atoms with Crippen molar-refractivity contribution in [1.29, 1.82) is 0 Å². The van der Waals surface area contributed by atoms with Gasteiger partial charge in [-0.2, -0.15) is 0 Å². The fraction of sp³-hybridized carbons (Fsp3) is 0.222. The van der Waals surface area contributed by atoms with Crippen LogP contribution in [0.5, 0.6) is 23.0 Å². The third-order valence-electron chi connectivity index (χ3n) is 3.63. The highest BCUT2D eigenvalue weighted by atomic mass is 16.7. The molecule has 0 aliphatic carbocycles. The van der Waals surface area contributed by atoms with Gasteiger partial charge in [0.2, 0.25) is 13.6 Å². The molecule has 2 aliphatic rings. The highest BCUT2D eigenvalue weighted by molar-refractivity contribution is 5.56. The number of ether oxygens (including phenoxy) is 5. The summed E-state index contributed by atoms with van der Waals surface area (Å²) in [5.74, 6) is 3.15. The first-order valence-electron chi connectivity index (χ1n) is 7.41. The topological polar surface area (TPSA) is 46.2 Å². The van der Waals surface area contributed by atoms with Crippen LogP contribution in [0.1, 0.15) is 11.1 Å². The van der Waals surface area contributed by atoms with Gasteiger partial charge in [0, 0.05) is 0 Å². The molecule has 4 rings (SSSR count). The standard InChI is InChI=1S/C18H16O5/c1(2-13-3-5-15-17(8-13)22-11-20-15)7-19-10-14-4-6-16-18(9-14)23-12-21-16/h1-6,8-9H,7,10-12H2. The van der Waals surface area contributed by atoms with Crippen LogP contribution >= 0.6 is 0 Å². The van der Waals surface area contributed by atoms with Gasteiger partial charge in [-0.15, -0.1) is 0 Å². The Morgan fingerprint density at radius 2 is 1.52 bits per heavy atom. The Hall–Kier alpha value is -2.66. The van der Waals surface area contributed by atoms with E-state index in [0.717, 1.165) is 34.1 Å². The minimum Gasteiger partial charge on any atom is -0.454 e. The summed E-state index contributed by atoms with van der Waals surface area (Å²) in [6.45, 7) is 1.64. The van der Waals surface area contributed by atoms with Crippen molar-refractivity contribution in [3.05, 3.63) is 53.6 Å². The van der Waals surface area contributed by atoms with Gasteiger partial charge >= 0.3 is 0 Å². The van der Waals surface area contributed by atoms with Gasteiger partial charge in [-0.25, -0.2) is 0 Å². The van der Waals surface area contributed by atoms with E-state index in [1.165, 1.54) is 0 Å². The van der Waals surface area contributed by atoms with E-state index in [1.807, 2.05) is 48.6 Å². The zero-order valence-electron chi connectivity index (χ0n) is 12.5. The lowest BCUT2D eigenvalue weighted by Crippen LogP contribution is -1.93. The number of hydrogen-bond acceptors (Lipinski definition) is 5. The molecule has 5 heteroatoms. The van der Waals surface area contributed by atoms with Crippen molar-refractivity contribution in [3.63, 3.8) is 0 Å². The van der Waals surface area contributed by atoms with Crippen LogP contribution in [0.25, 0.3) is 6.08 Å². The molecule has 0 spiro atoms. The minimum absolute atomic E-state index is 0.290. The molecule has 0 bridgehead atoms. The zero-order chi connectivity index (χ0) is 15.5. The fourth-order valence-corrected chi connectivity index (χ4v) is 2.48. The molecule has 0 amide bonds. The van der Waals surface area contributed by atoms with Crippen molar-refractivity contribution in [1.82, 2.24) is 0 Å². The first-order valence-corrected chi connectivity index (χ1v) is 7.41. The smallest absolute Gasteiger partial charge is 0.231 e. The first kappa shape index (κ1) is 14.0. The Balaban J connectivity index is 1.28. The lowest BCUT2D eigenvalue weighted by atomic mass is 10.2. The monoisotopic (exact) mass is 312 g/mol. The number of fused-ring (bicyclic) bond motifs is 2. The van der Waals surface area contributed by atoms with E-state index in [9.17, 15) is 0 Å². The Labute approximate surface area is 134 Å². The van der Waals surface area contributed by atoms with Crippen LogP contribution < -0.4 is 18.9 Å². The van der Waals surface area contributed by atoms with Crippen LogP contribution in [0, 0.1) is 0 Å². The van der Waals surface area contributed by atoms with E-state index in [0.29, 0.717) is 20.0 Å². The third kappa shape index (κ3) is 3.10. The second-order valence-electron chi connectivity index (χ2n) is 5.22. The normalized spacial score (nSPS) is 14.6. The zero-order valence-corrected chi connectivity index (χ0v) is 12.5. The Morgan fingerprint density at radius 3 is 2.35 bits per heavy atom. The van der Waals surface area contributed by atoms with Gasteiger partial charge in [-0.05, 0) is 35.4 Å². The maximum atomic E-state index is 5.65. The quantitative estimate of drug-likeness (QED) is 0.792. The lowest BCUT2D eigenvalue weighted by molar-refractivity contribution is 0.148. The van der Waals surface area contributed by atoms with Crippen LogP contribution in [-0.2, 0) is 11.3 Å². The predicted octanol–water partition coefficient (Wildman–Crippen LogP) is 3.37. The minimum atomic E-state index is 0.290. The molecular formula is C18H16O5. The first-order chi connectivity index (χ1) is 11.4. The highest BCUT2D eigenvalue weighted by Gasteiger charge is 2.13. The third-order valence-corrected chi connectivity index (χ3v) is 3.63. The molecule has 0 saturated heterocycles. The Bertz CT molecular complexity index is 738. The molecular weight excluding hydrogens is 296 g/mol. The molecule has 0 unspecified atom stereocenters. The van der Waals surface area contributed by atoms with Crippen molar-refractivity contribution in [3.8, 4) is 23.0 Å². The van der Waals surface area contributed by atoms with E-state index < -0.39 is 0 Å². The number of hydrogen-bond donors (Lipinski definition) is 0. The molecule has 0 fully saturated rings. The maximum Gasteiger partial charge on any atom is 0.231 e. The summed E-state index contributed by atoms with van der Waals surface area (Å²) in [6.07, 6.45) is 3.98.